The van der Waals surface area contributed by atoms with Crippen molar-refractivity contribution in [2.45, 2.75) is 25.5 Å². The first-order valence-corrected chi connectivity index (χ1v) is 7.04. The van der Waals surface area contributed by atoms with E-state index < -0.39 is 6.61 Å². The summed E-state index contributed by atoms with van der Waals surface area (Å²) in [6.45, 7) is -1.10. The first kappa shape index (κ1) is 14.0. The molecule has 1 N–H and O–H groups in total. The Labute approximate surface area is 122 Å². The van der Waals surface area contributed by atoms with Gasteiger partial charge in [-0.1, -0.05) is 36.4 Å². The number of nitrogens with one attached hydrogen (secondary N) is 1. The molecule has 21 heavy (non-hydrogen) atoms. The third kappa shape index (κ3) is 3.39. The van der Waals surface area contributed by atoms with E-state index in [1.54, 1.807) is 24.3 Å². The standard InChI is InChI=1S/C17H17F2NO/c18-17(19)21-15-7-5-12(6-8-15)10-20-11-14-9-13-3-1-2-4-16(13)14/h1-8,14,17,20H,9-11H2. The molecule has 0 amide bonds. The summed E-state index contributed by atoms with van der Waals surface area (Å²) in [5.74, 6) is 0.782. The fraction of sp³-hybridized carbons (Fsp3) is 0.294. The van der Waals surface area contributed by atoms with E-state index in [0.29, 0.717) is 5.92 Å². The Morgan fingerprint density at radius 2 is 1.86 bits per heavy atom. The number of fused-ring (bicyclic) bond motifs is 1. The molecule has 0 fully saturated rings. The maximum absolute atomic E-state index is 12.0. The Hall–Kier alpha value is -1.94. The first-order valence-electron chi connectivity index (χ1n) is 7.04. The lowest BCUT2D eigenvalue weighted by Gasteiger charge is -2.30. The van der Waals surface area contributed by atoms with E-state index in [4.69, 9.17) is 0 Å². The zero-order valence-corrected chi connectivity index (χ0v) is 11.6. The molecular weight excluding hydrogens is 272 g/mol. The molecule has 1 atom stereocenters. The highest BCUT2D eigenvalue weighted by Crippen LogP contribution is 2.34. The molecule has 0 aliphatic heterocycles. The molecule has 0 saturated heterocycles. The summed E-state index contributed by atoms with van der Waals surface area (Å²) in [7, 11) is 0. The van der Waals surface area contributed by atoms with Gasteiger partial charge in [-0.2, -0.15) is 8.78 Å². The molecule has 2 nitrogen and oxygen atoms in total. The predicted molar refractivity (Wildman–Crippen MR) is 77.7 cm³/mol. The summed E-state index contributed by atoms with van der Waals surface area (Å²) in [5, 5.41) is 3.42. The van der Waals surface area contributed by atoms with Gasteiger partial charge in [0.15, 0.2) is 0 Å². The van der Waals surface area contributed by atoms with Gasteiger partial charge >= 0.3 is 6.61 Å². The van der Waals surface area contributed by atoms with E-state index in [2.05, 4.69) is 34.3 Å². The Morgan fingerprint density at radius 3 is 2.57 bits per heavy atom. The number of alkyl halides is 2. The van der Waals surface area contributed by atoms with Gasteiger partial charge in [0.05, 0.1) is 0 Å². The normalized spacial score (nSPS) is 16.4. The van der Waals surface area contributed by atoms with Gasteiger partial charge in [-0.05, 0) is 35.2 Å². The van der Waals surface area contributed by atoms with E-state index in [1.807, 2.05) is 0 Å². The quantitative estimate of drug-likeness (QED) is 0.875. The van der Waals surface area contributed by atoms with Crippen LogP contribution in [0.3, 0.4) is 0 Å². The highest BCUT2D eigenvalue weighted by molar-refractivity contribution is 5.40. The van der Waals surface area contributed by atoms with Crippen molar-refractivity contribution in [3.63, 3.8) is 0 Å². The molecule has 1 aliphatic rings. The lowest BCUT2D eigenvalue weighted by atomic mass is 9.77. The van der Waals surface area contributed by atoms with Crippen LogP contribution in [0.5, 0.6) is 5.75 Å². The van der Waals surface area contributed by atoms with Crippen LogP contribution in [-0.2, 0) is 13.0 Å². The van der Waals surface area contributed by atoms with Crippen molar-refractivity contribution in [3.8, 4) is 5.75 Å². The lowest BCUT2D eigenvalue weighted by Crippen LogP contribution is -2.28. The van der Waals surface area contributed by atoms with Crippen molar-refractivity contribution in [3.05, 3.63) is 65.2 Å². The highest BCUT2D eigenvalue weighted by atomic mass is 19.3. The number of halogens is 2. The number of ether oxygens (including phenoxy) is 1. The summed E-state index contributed by atoms with van der Waals surface area (Å²) < 4.78 is 28.4. The fourth-order valence-electron chi connectivity index (χ4n) is 2.72. The zero-order valence-electron chi connectivity index (χ0n) is 11.6. The van der Waals surface area contributed by atoms with Gasteiger partial charge in [0, 0.05) is 19.0 Å². The highest BCUT2D eigenvalue weighted by Gasteiger charge is 2.24. The van der Waals surface area contributed by atoms with Crippen LogP contribution in [0.25, 0.3) is 0 Å². The predicted octanol–water partition coefficient (Wildman–Crippen LogP) is 3.72. The second-order valence-electron chi connectivity index (χ2n) is 5.25. The van der Waals surface area contributed by atoms with Crippen LogP contribution in [0.15, 0.2) is 48.5 Å². The van der Waals surface area contributed by atoms with Crippen molar-refractivity contribution in [2.75, 3.05) is 6.54 Å². The van der Waals surface area contributed by atoms with E-state index in [0.717, 1.165) is 25.1 Å². The number of benzene rings is 2. The summed E-state index contributed by atoms with van der Waals surface area (Å²) in [5.41, 5.74) is 3.94. The van der Waals surface area contributed by atoms with Crippen LogP contribution in [-0.4, -0.2) is 13.2 Å². The van der Waals surface area contributed by atoms with Gasteiger partial charge in [0.1, 0.15) is 5.75 Å². The summed E-state index contributed by atoms with van der Waals surface area (Å²) >= 11 is 0. The van der Waals surface area contributed by atoms with Gasteiger partial charge in [-0.25, -0.2) is 0 Å². The molecule has 0 aromatic heterocycles. The van der Waals surface area contributed by atoms with Crippen LogP contribution < -0.4 is 10.1 Å². The van der Waals surface area contributed by atoms with Gasteiger partial charge in [-0.3, -0.25) is 0 Å². The Morgan fingerprint density at radius 1 is 1.10 bits per heavy atom. The second-order valence-corrected chi connectivity index (χ2v) is 5.25. The lowest BCUT2D eigenvalue weighted by molar-refractivity contribution is -0.0498. The Balaban J connectivity index is 1.46. The van der Waals surface area contributed by atoms with E-state index >= 15 is 0 Å². The molecular formula is C17H17F2NO. The molecule has 4 heteroatoms. The smallest absolute Gasteiger partial charge is 0.387 e. The molecule has 0 heterocycles. The number of hydrogen-bond acceptors (Lipinski definition) is 2. The van der Waals surface area contributed by atoms with Crippen molar-refractivity contribution >= 4 is 0 Å². The second kappa shape index (κ2) is 6.22. The molecule has 3 rings (SSSR count). The molecule has 0 bridgehead atoms. The van der Waals surface area contributed by atoms with Crippen LogP contribution >= 0.6 is 0 Å². The van der Waals surface area contributed by atoms with E-state index in [-0.39, 0.29) is 5.75 Å². The van der Waals surface area contributed by atoms with Gasteiger partial charge in [0.25, 0.3) is 0 Å². The largest absolute Gasteiger partial charge is 0.435 e. The van der Waals surface area contributed by atoms with Crippen molar-refractivity contribution in [1.29, 1.82) is 0 Å². The van der Waals surface area contributed by atoms with Gasteiger partial charge in [0.2, 0.25) is 0 Å². The molecule has 0 spiro atoms. The van der Waals surface area contributed by atoms with Gasteiger partial charge < -0.3 is 10.1 Å². The SMILES string of the molecule is FC(F)Oc1ccc(CNCC2Cc3ccccc32)cc1. The number of rotatable bonds is 6. The fourth-order valence-corrected chi connectivity index (χ4v) is 2.72. The molecule has 0 radical (unpaired) electrons. The average Bonchev–Trinajstić information content (AvgIpc) is 2.45. The third-order valence-electron chi connectivity index (χ3n) is 3.83. The third-order valence-corrected chi connectivity index (χ3v) is 3.83. The van der Waals surface area contributed by atoms with Crippen molar-refractivity contribution < 1.29 is 13.5 Å². The molecule has 2 aromatic carbocycles. The van der Waals surface area contributed by atoms with Crippen molar-refractivity contribution in [2.24, 2.45) is 0 Å². The van der Waals surface area contributed by atoms with Gasteiger partial charge in [-0.15, -0.1) is 0 Å². The monoisotopic (exact) mass is 289 g/mol. The summed E-state index contributed by atoms with van der Waals surface area (Å²) in [6.07, 6.45) is 1.13. The molecule has 2 aromatic rings. The topological polar surface area (TPSA) is 21.3 Å². The Kier molecular flexibility index (Phi) is 4.15. The molecule has 1 aliphatic carbocycles. The summed E-state index contributed by atoms with van der Waals surface area (Å²) in [6, 6.07) is 15.3. The minimum Gasteiger partial charge on any atom is -0.435 e. The van der Waals surface area contributed by atoms with E-state index in [9.17, 15) is 8.78 Å². The van der Waals surface area contributed by atoms with Crippen LogP contribution in [0.1, 0.15) is 22.6 Å². The molecule has 1 unspecified atom stereocenters. The van der Waals surface area contributed by atoms with Crippen molar-refractivity contribution in [1.82, 2.24) is 5.32 Å². The van der Waals surface area contributed by atoms with Crippen LogP contribution in [0.4, 0.5) is 8.78 Å². The first-order chi connectivity index (χ1) is 10.2. The van der Waals surface area contributed by atoms with Crippen LogP contribution in [0, 0.1) is 0 Å². The molecule has 0 saturated carbocycles. The maximum Gasteiger partial charge on any atom is 0.387 e. The van der Waals surface area contributed by atoms with Crippen LogP contribution in [0.2, 0.25) is 0 Å². The summed E-state index contributed by atoms with van der Waals surface area (Å²) in [4.78, 5) is 0. The zero-order chi connectivity index (χ0) is 14.7. The Bertz CT molecular complexity index is 598. The minimum atomic E-state index is -2.77. The minimum absolute atomic E-state index is 0.196. The maximum atomic E-state index is 12.0. The molecule has 110 valence electrons. The average molecular weight is 289 g/mol. The van der Waals surface area contributed by atoms with E-state index in [1.165, 1.54) is 11.1 Å². The number of hydrogen-bond donors (Lipinski definition) is 1.